The van der Waals surface area contributed by atoms with Crippen molar-refractivity contribution in [2.24, 2.45) is 4.99 Å². The van der Waals surface area contributed by atoms with E-state index in [4.69, 9.17) is 0 Å². The number of nitrogens with zero attached hydrogens (tertiary/aromatic N) is 1. The van der Waals surface area contributed by atoms with Gasteiger partial charge in [-0.3, -0.25) is 4.99 Å². The molecule has 1 N–H and O–H groups in total. The summed E-state index contributed by atoms with van der Waals surface area (Å²) in [5, 5.41) is 4.47. The molecule has 0 atom stereocenters. The van der Waals surface area contributed by atoms with Crippen molar-refractivity contribution in [2.75, 3.05) is 11.1 Å². The lowest BCUT2D eigenvalue weighted by Crippen LogP contribution is -2.15. The summed E-state index contributed by atoms with van der Waals surface area (Å²) < 4.78 is 1.13. The minimum absolute atomic E-state index is 0.0642. The fourth-order valence-electron chi connectivity index (χ4n) is 1.74. The highest BCUT2D eigenvalue weighted by Gasteiger charge is 2.25. The Morgan fingerprint density at radius 3 is 2.82 bits per heavy atom. The first-order valence-corrected chi connectivity index (χ1v) is 7.56. The van der Waals surface area contributed by atoms with Crippen molar-refractivity contribution in [3.8, 4) is 0 Å². The molecule has 0 aliphatic carbocycles. The molecule has 1 aromatic rings. The summed E-state index contributed by atoms with van der Waals surface area (Å²) in [6.45, 7) is 6.49. The monoisotopic (exact) mass is 312 g/mol. The standard InChI is InChI=1S/C13H17BrN2S/c1-4-9-7-10(14)5-6-11(9)15-12-16-13(2,3)8-17-12/h5-7H,4,8H2,1-3H3,(H,15,16). The molecule has 0 saturated heterocycles. The highest BCUT2D eigenvalue weighted by Crippen LogP contribution is 2.29. The van der Waals surface area contributed by atoms with Crippen molar-refractivity contribution < 1.29 is 0 Å². The number of aryl methyl sites for hydroxylation is 1. The van der Waals surface area contributed by atoms with Crippen LogP contribution in [-0.4, -0.2) is 16.5 Å². The molecule has 17 heavy (non-hydrogen) atoms. The maximum Gasteiger partial charge on any atom is 0.161 e. The van der Waals surface area contributed by atoms with Gasteiger partial charge >= 0.3 is 0 Å². The van der Waals surface area contributed by atoms with Crippen LogP contribution in [0.15, 0.2) is 27.7 Å². The first kappa shape index (κ1) is 13.0. The number of aliphatic imine (C=N–C) groups is 1. The van der Waals surface area contributed by atoms with Crippen LogP contribution in [0.5, 0.6) is 0 Å². The van der Waals surface area contributed by atoms with E-state index in [-0.39, 0.29) is 5.54 Å². The molecule has 0 fully saturated rings. The Labute approximate surface area is 115 Å². The maximum absolute atomic E-state index is 4.67. The molecule has 0 bridgehead atoms. The largest absolute Gasteiger partial charge is 0.335 e. The maximum atomic E-state index is 4.67. The molecule has 1 aromatic carbocycles. The topological polar surface area (TPSA) is 24.4 Å². The number of nitrogens with one attached hydrogen (secondary N) is 1. The van der Waals surface area contributed by atoms with E-state index in [0.29, 0.717) is 0 Å². The zero-order chi connectivity index (χ0) is 12.5. The SMILES string of the molecule is CCc1cc(Br)ccc1NC1=NC(C)(C)CS1. The predicted octanol–water partition coefficient (Wildman–Crippen LogP) is 4.30. The number of rotatable bonds is 2. The minimum Gasteiger partial charge on any atom is -0.335 e. The minimum atomic E-state index is 0.0642. The molecular formula is C13H17BrN2S. The van der Waals surface area contributed by atoms with Gasteiger partial charge in [-0.25, -0.2) is 0 Å². The fourth-order valence-corrected chi connectivity index (χ4v) is 3.20. The lowest BCUT2D eigenvalue weighted by molar-refractivity contribution is 0.605. The average molecular weight is 313 g/mol. The normalized spacial score (nSPS) is 18.0. The van der Waals surface area contributed by atoms with Crippen LogP contribution >= 0.6 is 27.7 Å². The van der Waals surface area contributed by atoms with Gasteiger partial charge in [0.05, 0.1) is 5.54 Å². The number of halogens is 1. The van der Waals surface area contributed by atoms with Crippen LogP contribution in [0.1, 0.15) is 26.3 Å². The third-order valence-electron chi connectivity index (χ3n) is 2.66. The third-order valence-corrected chi connectivity index (χ3v) is 4.47. The van der Waals surface area contributed by atoms with E-state index in [1.807, 2.05) is 0 Å². The smallest absolute Gasteiger partial charge is 0.161 e. The van der Waals surface area contributed by atoms with Crippen molar-refractivity contribution in [3.05, 3.63) is 28.2 Å². The van der Waals surface area contributed by atoms with E-state index in [2.05, 4.69) is 65.2 Å². The highest BCUT2D eigenvalue weighted by atomic mass is 79.9. The van der Waals surface area contributed by atoms with Gasteiger partial charge < -0.3 is 5.32 Å². The number of benzene rings is 1. The second kappa shape index (κ2) is 5.02. The second-order valence-electron chi connectivity index (χ2n) is 4.80. The summed E-state index contributed by atoms with van der Waals surface area (Å²) >= 11 is 5.30. The first-order chi connectivity index (χ1) is 8.00. The molecule has 0 amide bonds. The number of hydrogen-bond acceptors (Lipinski definition) is 3. The zero-order valence-electron chi connectivity index (χ0n) is 10.4. The lowest BCUT2D eigenvalue weighted by atomic mass is 10.1. The van der Waals surface area contributed by atoms with Crippen LogP contribution in [0.3, 0.4) is 0 Å². The van der Waals surface area contributed by atoms with Crippen molar-refractivity contribution >= 4 is 38.5 Å². The van der Waals surface area contributed by atoms with Crippen molar-refractivity contribution in [3.63, 3.8) is 0 Å². The molecule has 2 rings (SSSR count). The van der Waals surface area contributed by atoms with Crippen LogP contribution in [0.4, 0.5) is 5.69 Å². The molecule has 1 heterocycles. The molecule has 0 saturated carbocycles. The molecular weight excluding hydrogens is 296 g/mol. The van der Waals surface area contributed by atoms with Crippen LogP contribution in [0, 0.1) is 0 Å². The fraction of sp³-hybridized carbons (Fsp3) is 0.462. The Balaban J connectivity index is 2.20. The van der Waals surface area contributed by atoms with Gasteiger partial charge in [-0.15, -0.1) is 0 Å². The van der Waals surface area contributed by atoms with Gasteiger partial charge in [0, 0.05) is 15.9 Å². The van der Waals surface area contributed by atoms with Gasteiger partial charge in [0.25, 0.3) is 0 Å². The summed E-state index contributed by atoms with van der Waals surface area (Å²) in [6, 6.07) is 6.33. The molecule has 1 aliphatic heterocycles. The number of anilines is 1. The van der Waals surface area contributed by atoms with E-state index >= 15 is 0 Å². The van der Waals surface area contributed by atoms with Crippen LogP contribution in [-0.2, 0) is 6.42 Å². The van der Waals surface area contributed by atoms with Gasteiger partial charge in [0.1, 0.15) is 0 Å². The zero-order valence-corrected chi connectivity index (χ0v) is 12.8. The first-order valence-electron chi connectivity index (χ1n) is 5.78. The van der Waals surface area contributed by atoms with Gasteiger partial charge in [0.15, 0.2) is 5.17 Å². The van der Waals surface area contributed by atoms with E-state index in [1.54, 1.807) is 11.8 Å². The van der Waals surface area contributed by atoms with Crippen molar-refractivity contribution in [1.82, 2.24) is 0 Å². The van der Waals surface area contributed by atoms with Gasteiger partial charge in [0.2, 0.25) is 0 Å². The molecule has 0 unspecified atom stereocenters. The number of thioether (sulfide) groups is 1. The van der Waals surface area contributed by atoms with E-state index in [9.17, 15) is 0 Å². The Bertz CT molecular complexity index is 455. The van der Waals surface area contributed by atoms with Crippen molar-refractivity contribution in [2.45, 2.75) is 32.7 Å². The third kappa shape index (κ3) is 3.26. The summed E-state index contributed by atoms with van der Waals surface area (Å²) in [5.74, 6) is 1.05. The quantitative estimate of drug-likeness (QED) is 0.880. The summed E-state index contributed by atoms with van der Waals surface area (Å²) in [7, 11) is 0. The van der Waals surface area contributed by atoms with Gasteiger partial charge in [-0.1, -0.05) is 34.6 Å². The Hall–Kier alpha value is -0.480. The van der Waals surface area contributed by atoms with Crippen molar-refractivity contribution in [1.29, 1.82) is 0 Å². The Kier molecular flexibility index (Phi) is 3.83. The molecule has 2 nitrogen and oxygen atoms in total. The molecule has 92 valence electrons. The van der Waals surface area contributed by atoms with Crippen LogP contribution < -0.4 is 5.32 Å². The molecule has 0 radical (unpaired) electrons. The Morgan fingerprint density at radius 1 is 1.47 bits per heavy atom. The lowest BCUT2D eigenvalue weighted by Gasteiger charge is -2.11. The molecule has 4 heteroatoms. The molecule has 0 spiro atoms. The van der Waals surface area contributed by atoms with Crippen LogP contribution in [0.2, 0.25) is 0 Å². The molecule has 0 aromatic heterocycles. The van der Waals surface area contributed by atoms with Gasteiger partial charge in [-0.2, -0.15) is 0 Å². The second-order valence-corrected chi connectivity index (χ2v) is 6.68. The highest BCUT2D eigenvalue weighted by molar-refractivity contribution is 9.10. The van der Waals surface area contributed by atoms with Gasteiger partial charge in [-0.05, 0) is 44.0 Å². The number of amidine groups is 1. The average Bonchev–Trinajstić information content (AvgIpc) is 2.61. The van der Waals surface area contributed by atoms with E-state index in [1.165, 1.54) is 11.3 Å². The van der Waals surface area contributed by atoms with Crippen LogP contribution in [0.25, 0.3) is 0 Å². The summed E-state index contributed by atoms with van der Waals surface area (Å²) in [4.78, 5) is 4.67. The van der Waals surface area contributed by atoms with E-state index in [0.717, 1.165) is 21.8 Å². The predicted molar refractivity (Wildman–Crippen MR) is 81.1 cm³/mol. The number of hydrogen-bond donors (Lipinski definition) is 1. The van der Waals surface area contributed by atoms with E-state index < -0.39 is 0 Å². The molecule has 1 aliphatic rings. The Morgan fingerprint density at radius 2 is 2.24 bits per heavy atom. The summed E-state index contributed by atoms with van der Waals surface area (Å²) in [6.07, 6.45) is 1.02. The summed E-state index contributed by atoms with van der Waals surface area (Å²) in [5.41, 5.74) is 2.54.